The molecule has 3 amide bonds. The first-order valence-electron chi connectivity index (χ1n) is 10.2. The number of amides is 3. The molecule has 0 aliphatic carbocycles. The first-order chi connectivity index (χ1) is 15.6. The predicted octanol–water partition coefficient (Wildman–Crippen LogP) is 2.78. The monoisotopic (exact) mass is 460 g/mol. The second-order valence-corrected chi connectivity index (χ2v) is 7.69. The third kappa shape index (κ3) is 5.97. The fraction of sp³-hybridized carbons (Fsp3) is 0.304. The average molecular weight is 460 g/mol. The Morgan fingerprint density at radius 1 is 1.12 bits per heavy atom. The van der Waals surface area contributed by atoms with Gasteiger partial charge in [0.25, 0.3) is 5.91 Å². The standard InChI is InChI=1S/C23H23F3N4O3/c1-30-17-10-6-5-9-16(17)19(14-7-3-2-4-8-14)28-20(22(30)33)29-21(32)15(13-18(27)31)11-12-23(24,25)26/h2-10,15,20H,11-13H2,1H3,(H2,27,31)(H,29,32)/t15-,20-/m1/s1. The second-order valence-electron chi connectivity index (χ2n) is 7.69. The molecule has 7 nitrogen and oxygen atoms in total. The maximum absolute atomic E-state index is 13.1. The lowest BCUT2D eigenvalue weighted by molar-refractivity contribution is -0.143. The van der Waals surface area contributed by atoms with E-state index in [1.165, 1.54) is 11.9 Å². The van der Waals surface area contributed by atoms with Gasteiger partial charge >= 0.3 is 6.18 Å². The molecular formula is C23H23F3N4O3. The Balaban J connectivity index is 1.96. The maximum atomic E-state index is 13.1. The molecule has 1 aliphatic heterocycles. The number of benzodiazepines with no additional fused rings is 1. The Morgan fingerprint density at radius 2 is 1.76 bits per heavy atom. The van der Waals surface area contributed by atoms with Gasteiger partial charge in [0.15, 0.2) is 0 Å². The van der Waals surface area contributed by atoms with Crippen LogP contribution in [0.4, 0.5) is 18.9 Å². The van der Waals surface area contributed by atoms with Crippen molar-refractivity contribution in [2.75, 3.05) is 11.9 Å². The van der Waals surface area contributed by atoms with E-state index in [9.17, 15) is 27.6 Å². The summed E-state index contributed by atoms with van der Waals surface area (Å²) in [7, 11) is 1.52. The van der Waals surface area contributed by atoms with Crippen LogP contribution in [-0.4, -0.2) is 42.8 Å². The molecule has 0 saturated heterocycles. The van der Waals surface area contributed by atoms with Gasteiger partial charge < -0.3 is 16.0 Å². The zero-order valence-electron chi connectivity index (χ0n) is 17.8. The Kier molecular flexibility index (Phi) is 7.15. The van der Waals surface area contributed by atoms with Gasteiger partial charge in [-0.2, -0.15) is 13.2 Å². The van der Waals surface area contributed by atoms with Crippen LogP contribution in [0.1, 0.15) is 30.4 Å². The highest BCUT2D eigenvalue weighted by molar-refractivity contribution is 6.20. The predicted molar refractivity (Wildman–Crippen MR) is 116 cm³/mol. The van der Waals surface area contributed by atoms with E-state index in [0.717, 1.165) is 0 Å². The summed E-state index contributed by atoms with van der Waals surface area (Å²) in [6.07, 6.45) is -8.37. The molecule has 2 atom stereocenters. The summed E-state index contributed by atoms with van der Waals surface area (Å²) in [5.74, 6) is -3.73. The maximum Gasteiger partial charge on any atom is 0.389 e. The lowest BCUT2D eigenvalue weighted by Gasteiger charge is -2.23. The average Bonchev–Trinajstić information content (AvgIpc) is 2.87. The Bertz CT molecular complexity index is 1070. The van der Waals surface area contributed by atoms with Gasteiger partial charge in [0.2, 0.25) is 18.0 Å². The van der Waals surface area contributed by atoms with Crippen molar-refractivity contribution in [3.63, 3.8) is 0 Å². The van der Waals surface area contributed by atoms with Crippen LogP contribution in [0.5, 0.6) is 0 Å². The third-order valence-electron chi connectivity index (χ3n) is 5.26. The summed E-state index contributed by atoms with van der Waals surface area (Å²) in [6.45, 7) is 0. The van der Waals surface area contributed by atoms with E-state index in [1.54, 1.807) is 48.5 Å². The van der Waals surface area contributed by atoms with E-state index < -0.39 is 55.2 Å². The second kappa shape index (κ2) is 9.85. The number of likely N-dealkylation sites (N-methyl/N-ethyl adjacent to an activating group) is 1. The molecule has 33 heavy (non-hydrogen) atoms. The number of carbonyl (C=O) groups is 3. The molecule has 1 aliphatic rings. The smallest absolute Gasteiger partial charge is 0.370 e. The highest BCUT2D eigenvalue weighted by atomic mass is 19.4. The van der Waals surface area contributed by atoms with Crippen LogP contribution in [-0.2, 0) is 14.4 Å². The fourth-order valence-electron chi connectivity index (χ4n) is 3.60. The number of para-hydroxylation sites is 1. The molecule has 0 aromatic heterocycles. The van der Waals surface area contributed by atoms with E-state index in [2.05, 4.69) is 10.3 Å². The minimum absolute atomic E-state index is 0.441. The number of hydrogen-bond acceptors (Lipinski definition) is 4. The number of fused-ring (bicyclic) bond motifs is 1. The number of aliphatic imine (C=N–C) groups is 1. The molecule has 10 heteroatoms. The van der Waals surface area contributed by atoms with Crippen LogP contribution >= 0.6 is 0 Å². The van der Waals surface area contributed by atoms with E-state index in [0.29, 0.717) is 22.5 Å². The SMILES string of the molecule is CN1C(=O)[C@@H](NC(=O)[C@H](CCC(F)(F)F)CC(N)=O)N=C(c2ccccc2)c2ccccc21. The summed E-state index contributed by atoms with van der Waals surface area (Å²) in [5.41, 5.74) is 7.48. The van der Waals surface area contributed by atoms with Gasteiger partial charge in [0.1, 0.15) is 0 Å². The Morgan fingerprint density at radius 3 is 2.39 bits per heavy atom. The lowest BCUT2D eigenvalue weighted by Crippen LogP contribution is -2.48. The topological polar surface area (TPSA) is 105 Å². The lowest BCUT2D eigenvalue weighted by atomic mass is 9.97. The molecule has 2 aromatic carbocycles. The summed E-state index contributed by atoms with van der Waals surface area (Å²) in [5, 5.41) is 2.42. The summed E-state index contributed by atoms with van der Waals surface area (Å²) in [4.78, 5) is 43.1. The van der Waals surface area contributed by atoms with Crippen molar-refractivity contribution in [2.45, 2.75) is 31.6 Å². The number of nitrogens with one attached hydrogen (secondary N) is 1. The minimum Gasteiger partial charge on any atom is -0.370 e. The molecule has 0 fully saturated rings. The van der Waals surface area contributed by atoms with Crippen LogP contribution in [0.3, 0.4) is 0 Å². The quantitative estimate of drug-likeness (QED) is 0.664. The molecule has 0 bridgehead atoms. The highest BCUT2D eigenvalue weighted by Gasteiger charge is 2.35. The van der Waals surface area contributed by atoms with Crippen LogP contribution in [0.2, 0.25) is 0 Å². The normalized spacial score (nSPS) is 17.0. The first-order valence-corrected chi connectivity index (χ1v) is 10.2. The summed E-state index contributed by atoms with van der Waals surface area (Å²) < 4.78 is 38.1. The van der Waals surface area contributed by atoms with Crippen molar-refractivity contribution >= 4 is 29.1 Å². The van der Waals surface area contributed by atoms with Gasteiger partial charge in [-0.3, -0.25) is 14.4 Å². The van der Waals surface area contributed by atoms with E-state index in [-0.39, 0.29) is 0 Å². The highest BCUT2D eigenvalue weighted by Crippen LogP contribution is 2.28. The number of hydrogen-bond donors (Lipinski definition) is 2. The van der Waals surface area contributed by atoms with E-state index in [4.69, 9.17) is 5.73 Å². The number of rotatable bonds is 7. The van der Waals surface area contributed by atoms with Crippen molar-refractivity contribution < 1.29 is 27.6 Å². The zero-order valence-corrected chi connectivity index (χ0v) is 17.8. The zero-order chi connectivity index (χ0) is 24.2. The van der Waals surface area contributed by atoms with Crippen molar-refractivity contribution in [1.29, 1.82) is 0 Å². The van der Waals surface area contributed by atoms with Gasteiger partial charge in [-0.05, 0) is 12.5 Å². The van der Waals surface area contributed by atoms with Crippen LogP contribution in [0, 0.1) is 5.92 Å². The van der Waals surface area contributed by atoms with Crippen molar-refractivity contribution in [2.24, 2.45) is 16.6 Å². The van der Waals surface area contributed by atoms with Crippen molar-refractivity contribution in [3.05, 3.63) is 65.7 Å². The molecule has 174 valence electrons. The number of alkyl halides is 3. The number of primary amides is 1. The van der Waals surface area contributed by atoms with Gasteiger partial charge in [-0.25, -0.2) is 4.99 Å². The number of carbonyl (C=O) groups excluding carboxylic acids is 3. The van der Waals surface area contributed by atoms with Gasteiger partial charge in [-0.1, -0.05) is 48.5 Å². The molecule has 0 unspecified atom stereocenters. The van der Waals surface area contributed by atoms with Gasteiger partial charge in [-0.15, -0.1) is 0 Å². The fourth-order valence-corrected chi connectivity index (χ4v) is 3.60. The van der Waals surface area contributed by atoms with Crippen molar-refractivity contribution in [3.8, 4) is 0 Å². The molecule has 0 saturated carbocycles. The first kappa shape index (κ1) is 24.0. The number of anilines is 1. The molecule has 0 spiro atoms. The van der Waals surface area contributed by atoms with E-state index >= 15 is 0 Å². The number of halogens is 3. The number of benzene rings is 2. The van der Waals surface area contributed by atoms with Crippen LogP contribution in [0.25, 0.3) is 0 Å². The molecular weight excluding hydrogens is 437 g/mol. The van der Waals surface area contributed by atoms with Gasteiger partial charge in [0.05, 0.1) is 11.4 Å². The van der Waals surface area contributed by atoms with Crippen LogP contribution in [0.15, 0.2) is 59.6 Å². The Hall–Kier alpha value is -3.69. The summed E-state index contributed by atoms with van der Waals surface area (Å²) in [6, 6.07) is 16.1. The Labute approximate surface area is 188 Å². The third-order valence-corrected chi connectivity index (χ3v) is 5.26. The van der Waals surface area contributed by atoms with E-state index in [1.807, 2.05) is 6.07 Å². The molecule has 0 radical (unpaired) electrons. The van der Waals surface area contributed by atoms with Crippen LogP contribution < -0.4 is 16.0 Å². The molecule has 3 rings (SSSR count). The molecule has 2 aromatic rings. The largest absolute Gasteiger partial charge is 0.389 e. The molecule has 3 N–H and O–H groups in total. The summed E-state index contributed by atoms with van der Waals surface area (Å²) >= 11 is 0. The minimum atomic E-state index is -4.51. The van der Waals surface area contributed by atoms with Gasteiger partial charge in [0, 0.05) is 36.9 Å². The number of nitrogens with two attached hydrogens (primary N) is 1. The van der Waals surface area contributed by atoms with Crippen molar-refractivity contribution in [1.82, 2.24) is 5.32 Å². The molecule has 1 heterocycles. The number of nitrogens with zero attached hydrogens (tertiary/aromatic N) is 2.